The van der Waals surface area contributed by atoms with Gasteiger partial charge in [-0.05, 0) is 60.2 Å². The molecule has 0 fully saturated rings. The minimum Gasteiger partial charge on any atom is -0.377 e. The fourth-order valence-corrected chi connectivity index (χ4v) is 3.67. The van der Waals surface area contributed by atoms with Crippen molar-refractivity contribution in [3.05, 3.63) is 95.6 Å². The maximum atomic E-state index is 12.8. The van der Waals surface area contributed by atoms with Crippen molar-refractivity contribution in [2.45, 2.75) is 39.2 Å². The second-order valence-electron chi connectivity index (χ2n) is 8.65. The minimum absolute atomic E-state index is 0.0833. The topological polar surface area (TPSA) is 65.4 Å². The number of carbonyl (C=O) groups is 1. The number of benzene rings is 3. The summed E-state index contributed by atoms with van der Waals surface area (Å²) in [5, 5.41) is 12.3. The van der Waals surface area contributed by atoms with Gasteiger partial charge in [0, 0.05) is 24.5 Å². The van der Waals surface area contributed by atoms with Gasteiger partial charge in [0.05, 0.1) is 24.8 Å². The summed E-state index contributed by atoms with van der Waals surface area (Å²) in [7, 11) is 0. The van der Waals surface area contributed by atoms with Crippen molar-refractivity contribution in [3.63, 3.8) is 0 Å². The van der Waals surface area contributed by atoms with Gasteiger partial charge >= 0.3 is 0 Å². The number of nitrogens with one attached hydrogen (secondary N) is 1. The Kier molecular flexibility index (Phi) is 9.69. The summed E-state index contributed by atoms with van der Waals surface area (Å²) in [6.07, 6.45) is 1.77. The molecule has 0 heterocycles. The molecule has 1 amide bonds. The van der Waals surface area contributed by atoms with E-state index in [2.05, 4.69) is 37.4 Å². The molecule has 1 N–H and O–H groups in total. The largest absolute Gasteiger partial charge is 0.377 e. The van der Waals surface area contributed by atoms with E-state index >= 15 is 0 Å². The first-order chi connectivity index (χ1) is 16.5. The quantitative estimate of drug-likeness (QED) is 0.334. The van der Waals surface area contributed by atoms with Crippen LogP contribution in [0.1, 0.15) is 49.3 Å². The Balaban J connectivity index is 1.54. The van der Waals surface area contributed by atoms with Crippen LogP contribution in [-0.2, 0) is 16.1 Å². The second-order valence-corrected chi connectivity index (χ2v) is 8.65. The summed E-state index contributed by atoms with van der Waals surface area (Å²) < 4.78 is 5.79. The molecule has 0 aromatic heterocycles. The first kappa shape index (κ1) is 25.0. The van der Waals surface area contributed by atoms with Crippen molar-refractivity contribution >= 4 is 17.3 Å². The van der Waals surface area contributed by atoms with Gasteiger partial charge < -0.3 is 15.0 Å². The lowest BCUT2D eigenvalue weighted by molar-refractivity contribution is -0.115. The Morgan fingerprint density at radius 2 is 1.76 bits per heavy atom. The second kappa shape index (κ2) is 13.2. The number of nitriles is 1. The third-order valence-electron chi connectivity index (χ3n) is 5.61. The van der Waals surface area contributed by atoms with E-state index in [4.69, 9.17) is 4.74 Å². The lowest BCUT2D eigenvalue weighted by Crippen LogP contribution is -2.34. The van der Waals surface area contributed by atoms with Crippen LogP contribution in [-0.4, -0.2) is 25.6 Å². The first-order valence-electron chi connectivity index (χ1n) is 11.8. The SMILES string of the molecule is CC(C)c1ccc(NC(=O)CN(CCCCOCc2ccccc2)c2cccc(C#N)c2)cc1. The lowest BCUT2D eigenvalue weighted by Gasteiger charge is -2.24. The van der Waals surface area contributed by atoms with Crippen molar-refractivity contribution in [3.8, 4) is 6.07 Å². The van der Waals surface area contributed by atoms with Crippen molar-refractivity contribution in [1.29, 1.82) is 5.26 Å². The fourth-order valence-electron chi connectivity index (χ4n) is 3.67. The highest BCUT2D eigenvalue weighted by atomic mass is 16.5. The number of unbranched alkanes of at least 4 members (excludes halogenated alkanes) is 1. The molecular formula is C29H33N3O2. The van der Waals surface area contributed by atoms with Crippen molar-refractivity contribution in [1.82, 2.24) is 0 Å². The van der Waals surface area contributed by atoms with Gasteiger partial charge in [0.2, 0.25) is 5.91 Å². The predicted octanol–water partition coefficient (Wildman–Crippen LogP) is 6.12. The highest BCUT2D eigenvalue weighted by molar-refractivity contribution is 5.94. The van der Waals surface area contributed by atoms with E-state index in [1.54, 1.807) is 6.07 Å². The zero-order valence-corrected chi connectivity index (χ0v) is 20.0. The minimum atomic E-state index is -0.0833. The monoisotopic (exact) mass is 455 g/mol. The number of rotatable bonds is 12. The van der Waals surface area contributed by atoms with Crippen molar-refractivity contribution in [2.75, 3.05) is 29.9 Å². The Morgan fingerprint density at radius 3 is 2.47 bits per heavy atom. The predicted molar refractivity (Wildman–Crippen MR) is 138 cm³/mol. The van der Waals surface area contributed by atoms with Gasteiger partial charge in [-0.1, -0.05) is 62.4 Å². The number of nitrogens with zero attached hydrogens (tertiary/aromatic N) is 2. The first-order valence-corrected chi connectivity index (χ1v) is 11.8. The normalized spacial score (nSPS) is 10.6. The number of hydrogen-bond donors (Lipinski definition) is 1. The molecule has 0 saturated heterocycles. The average molecular weight is 456 g/mol. The summed E-state index contributed by atoms with van der Waals surface area (Å²) in [6, 6.07) is 27.7. The van der Waals surface area contributed by atoms with Gasteiger partial charge in [0.1, 0.15) is 0 Å². The number of ether oxygens (including phenoxy) is 1. The molecule has 5 nitrogen and oxygen atoms in total. The molecule has 3 aromatic rings. The fraction of sp³-hybridized carbons (Fsp3) is 0.310. The van der Waals surface area contributed by atoms with Crippen LogP contribution in [0.15, 0.2) is 78.9 Å². The maximum absolute atomic E-state index is 12.8. The number of hydrogen-bond acceptors (Lipinski definition) is 4. The van der Waals surface area contributed by atoms with E-state index in [9.17, 15) is 10.1 Å². The van der Waals surface area contributed by atoms with Crippen LogP contribution in [0.25, 0.3) is 0 Å². The van der Waals surface area contributed by atoms with Crippen molar-refractivity contribution < 1.29 is 9.53 Å². The summed E-state index contributed by atoms with van der Waals surface area (Å²) in [6.45, 7) is 6.47. The van der Waals surface area contributed by atoms with E-state index < -0.39 is 0 Å². The number of anilines is 2. The van der Waals surface area contributed by atoms with E-state index in [1.807, 2.05) is 65.6 Å². The summed E-state index contributed by atoms with van der Waals surface area (Å²) in [4.78, 5) is 14.8. The van der Waals surface area contributed by atoms with Crippen molar-refractivity contribution in [2.24, 2.45) is 0 Å². The number of carbonyl (C=O) groups excluding carboxylic acids is 1. The standard InChI is InChI=1S/C29H33N3O2/c1-23(2)26-13-15-27(16-14-26)31-29(33)21-32(28-12-8-11-25(19-28)20-30)17-6-7-18-34-22-24-9-4-3-5-10-24/h3-5,8-16,19,23H,6-7,17-18,21-22H2,1-2H3,(H,31,33). The molecule has 0 radical (unpaired) electrons. The molecule has 0 bridgehead atoms. The molecule has 5 heteroatoms. The van der Waals surface area contributed by atoms with Crippen LogP contribution in [0.2, 0.25) is 0 Å². The van der Waals surface area contributed by atoms with Gasteiger partial charge in [-0.3, -0.25) is 4.79 Å². The zero-order chi connectivity index (χ0) is 24.2. The summed E-state index contributed by atoms with van der Waals surface area (Å²) in [5.41, 5.74) is 4.64. The maximum Gasteiger partial charge on any atom is 0.243 e. The third-order valence-corrected chi connectivity index (χ3v) is 5.61. The van der Waals surface area contributed by atoms with Gasteiger partial charge in [0.25, 0.3) is 0 Å². The molecule has 0 aliphatic heterocycles. The van der Waals surface area contributed by atoms with Crippen LogP contribution >= 0.6 is 0 Å². The molecule has 3 aromatic carbocycles. The molecule has 0 aliphatic carbocycles. The molecule has 0 atom stereocenters. The van der Waals surface area contributed by atoms with Gasteiger partial charge in [-0.2, -0.15) is 5.26 Å². The van der Waals surface area contributed by atoms with E-state index in [-0.39, 0.29) is 12.5 Å². The Hall–Kier alpha value is -3.62. The van der Waals surface area contributed by atoms with E-state index in [1.165, 1.54) is 5.56 Å². The molecule has 3 rings (SSSR count). The highest BCUT2D eigenvalue weighted by Crippen LogP contribution is 2.19. The Morgan fingerprint density at radius 1 is 1.00 bits per heavy atom. The smallest absolute Gasteiger partial charge is 0.243 e. The zero-order valence-electron chi connectivity index (χ0n) is 20.0. The van der Waals surface area contributed by atoms with Gasteiger partial charge in [-0.15, -0.1) is 0 Å². The summed E-state index contributed by atoms with van der Waals surface area (Å²) in [5.74, 6) is 0.365. The Labute approximate surface area is 203 Å². The van der Waals surface area contributed by atoms with Crippen LogP contribution in [0.5, 0.6) is 0 Å². The Bertz CT molecular complexity index is 1070. The van der Waals surface area contributed by atoms with Crippen LogP contribution in [0.4, 0.5) is 11.4 Å². The third kappa shape index (κ3) is 8.06. The number of amides is 1. The van der Waals surface area contributed by atoms with E-state index in [0.717, 1.165) is 29.8 Å². The molecule has 0 aliphatic rings. The van der Waals surface area contributed by atoms with Crippen LogP contribution in [0.3, 0.4) is 0 Å². The molecule has 0 unspecified atom stereocenters. The van der Waals surface area contributed by atoms with Gasteiger partial charge in [-0.25, -0.2) is 0 Å². The van der Waals surface area contributed by atoms with E-state index in [0.29, 0.717) is 31.2 Å². The molecule has 176 valence electrons. The highest BCUT2D eigenvalue weighted by Gasteiger charge is 2.13. The molecule has 0 saturated carbocycles. The molecule has 0 spiro atoms. The average Bonchev–Trinajstić information content (AvgIpc) is 2.86. The lowest BCUT2D eigenvalue weighted by atomic mass is 10.0. The molecular weight excluding hydrogens is 422 g/mol. The van der Waals surface area contributed by atoms with Crippen LogP contribution in [0, 0.1) is 11.3 Å². The van der Waals surface area contributed by atoms with Crippen LogP contribution < -0.4 is 10.2 Å². The summed E-state index contributed by atoms with van der Waals surface area (Å²) >= 11 is 0. The molecule has 34 heavy (non-hydrogen) atoms. The van der Waals surface area contributed by atoms with Gasteiger partial charge in [0.15, 0.2) is 0 Å².